The molecule has 1 heterocycles. The Hall–Kier alpha value is -2.21. The minimum Gasteiger partial charge on any atom is -0.395 e. The number of aryl methyl sites for hydroxylation is 1. The molecule has 2 rings (SSSR count). The number of anilines is 1. The molecule has 0 aliphatic carbocycles. The minimum absolute atomic E-state index is 0.0119. The molecule has 0 spiro atoms. The van der Waals surface area contributed by atoms with Crippen molar-refractivity contribution in [1.82, 2.24) is 4.98 Å². The van der Waals surface area contributed by atoms with E-state index in [1.54, 1.807) is 6.07 Å². The quantitative estimate of drug-likeness (QED) is 0.653. The largest absolute Gasteiger partial charge is 0.395 e. The van der Waals surface area contributed by atoms with Gasteiger partial charge >= 0.3 is 0 Å². The number of nitro benzene ring substituents is 1. The fourth-order valence-corrected chi connectivity index (χ4v) is 2.49. The summed E-state index contributed by atoms with van der Waals surface area (Å²) in [5.74, 6) is 0. The zero-order chi connectivity index (χ0) is 15.4. The summed E-state index contributed by atoms with van der Waals surface area (Å²) in [4.78, 5) is 17.1. The van der Waals surface area contributed by atoms with E-state index in [1.165, 1.54) is 6.07 Å². The number of nitrogens with zero attached hydrogens (tertiary/aromatic N) is 3. The summed E-state index contributed by atoms with van der Waals surface area (Å²) in [5, 5.41) is 21.2. The van der Waals surface area contributed by atoms with Gasteiger partial charge in [0, 0.05) is 35.9 Å². The molecule has 21 heavy (non-hydrogen) atoms. The van der Waals surface area contributed by atoms with Gasteiger partial charge in [0.05, 0.1) is 11.5 Å². The van der Waals surface area contributed by atoms with Crippen molar-refractivity contribution >= 4 is 22.3 Å². The predicted molar refractivity (Wildman–Crippen MR) is 82.7 cm³/mol. The van der Waals surface area contributed by atoms with Gasteiger partial charge in [-0.1, -0.05) is 19.1 Å². The van der Waals surface area contributed by atoms with Crippen LogP contribution in [0.3, 0.4) is 0 Å². The number of rotatable bonds is 6. The normalized spacial score (nSPS) is 10.8. The molecule has 0 saturated heterocycles. The summed E-state index contributed by atoms with van der Waals surface area (Å²) in [6.07, 6.45) is 0.928. The lowest BCUT2D eigenvalue weighted by atomic mass is 10.1. The standard InChI is InChI=1S/C15H19N3O3/c1-3-7-17(8-9-19)14-10-11(2)16-15-12(14)5-4-6-13(15)18(20)21/h4-6,10,19H,3,7-9H2,1-2H3. The molecule has 1 aromatic heterocycles. The van der Waals surface area contributed by atoms with Gasteiger partial charge in [0.2, 0.25) is 0 Å². The summed E-state index contributed by atoms with van der Waals surface area (Å²) >= 11 is 0. The Morgan fingerprint density at radius 2 is 2.14 bits per heavy atom. The van der Waals surface area contributed by atoms with E-state index in [-0.39, 0.29) is 12.3 Å². The maximum atomic E-state index is 11.2. The molecule has 0 unspecified atom stereocenters. The fraction of sp³-hybridized carbons (Fsp3) is 0.400. The Bertz CT molecular complexity index is 652. The second-order valence-corrected chi connectivity index (χ2v) is 4.92. The topological polar surface area (TPSA) is 79.5 Å². The molecule has 6 nitrogen and oxygen atoms in total. The molecule has 112 valence electrons. The van der Waals surface area contributed by atoms with E-state index < -0.39 is 4.92 Å². The van der Waals surface area contributed by atoms with E-state index in [1.807, 2.05) is 24.0 Å². The van der Waals surface area contributed by atoms with Crippen LogP contribution in [-0.4, -0.2) is 34.7 Å². The Morgan fingerprint density at radius 1 is 1.38 bits per heavy atom. The van der Waals surface area contributed by atoms with Crippen LogP contribution in [0, 0.1) is 17.0 Å². The van der Waals surface area contributed by atoms with Gasteiger partial charge in [-0.15, -0.1) is 0 Å². The van der Waals surface area contributed by atoms with Crippen molar-refractivity contribution in [3.8, 4) is 0 Å². The van der Waals surface area contributed by atoms with E-state index in [9.17, 15) is 15.2 Å². The van der Waals surface area contributed by atoms with Gasteiger partial charge in [0.15, 0.2) is 5.52 Å². The molecular weight excluding hydrogens is 270 g/mol. The van der Waals surface area contributed by atoms with E-state index in [2.05, 4.69) is 11.9 Å². The smallest absolute Gasteiger partial charge is 0.295 e. The number of hydrogen-bond donors (Lipinski definition) is 1. The number of benzene rings is 1. The Balaban J connectivity index is 2.68. The van der Waals surface area contributed by atoms with Crippen LogP contribution in [0.1, 0.15) is 19.0 Å². The van der Waals surface area contributed by atoms with Crippen molar-refractivity contribution < 1.29 is 10.0 Å². The van der Waals surface area contributed by atoms with Crippen LogP contribution in [0.25, 0.3) is 10.9 Å². The summed E-state index contributed by atoms with van der Waals surface area (Å²) in [5.41, 5.74) is 2.03. The Labute approximate surface area is 123 Å². The number of hydrogen-bond acceptors (Lipinski definition) is 5. The van der Waals surface area contributed by atoms with Crippen LogP contribution < -0.4 is 4.90 Å². The molecule has 2 aromatic rings. The third-order valence-electron chi connectivity index (χ3n) is 3.33. The first-order chi connectivity index (χ1) is 10.1. The van der Waals surface area contributed by atoms with Gasteiger partial charge < -0.3 is 10.0 Å². The minimum atomic E-state index is -0.408. The van der Waals surface area contributed by atoms with Crippen LogP contribution in [-0.2, 0) is 0 Å². The van der Waals surface area contributed by atoms with Crippen LogP contribution >= 0.6 is 0 Å². The first-order valence-electron chi connectivity index (χ1n) is 6.99. The Kier molecular flexibility index (Phi) is 4.70. The van der Waals surface area contributed by atoms with Crippen LogP contribution in [0.2, 0.25) is 0 Å². The summed E-state index contributed by atoms with van der Waals surface area (Å²) in [6.45, 7) is 5.19. The van der Waals surface area contributed by atoms with Crippen molar-refractivity contribution in [3.05, 3.63) is 40.1 Å². The SMILES string of the molecule is CCCN(CCO)c1cc(C)nc2c([N+](=O)[O-])cccc12. The molecule has 1 N–H and O–H groups in total. The van der Waals surface area contributed by atoms with Gasteiger partial charge in [-0.2, -0.15) is 0 Å². The first-order valence-corrected chi connectivity index (χ1v) is 6.99. The second kappa shape index (κ2) is 6.49. The van der Waals surface area contributed by atoms with E-state index in [4.69, 9.17) is 0 Å². The van der Waals surface area contributed by atoms with Crippen LogP contribution in [0.5, 0.6) is 0 Å². The average molecular weight is 289 g/mol. The van der Waals surface area contributed by atoms with Crippen molar-refractivity contribution in [2.45, 2.75) is 20.3 Å². The molecule has 1 aromatic carbocycles. The highest BCUT2D eigenvalue weighted by Crippen LogP contribution is 2.32. The third kappa shape index (κ3) is 3.11. The molecule has 0 bridgehead atoms. The number of nitro groups is 1. The van der Waals surface area contributed by atoms with Crippen molar-refractivity contribution in [3.63, 3.8) is 0 Å². The van der Waals surface area contributed by atoms with Crippen LogP contribution in [0.15, 0.2) is 24.3 Å². The monoisotopic (exact) mass is 289 g/mol. The average Bonchev–Trinajstić information content (AvgIpc) is 2.45. The third-order valence-corrected chi connectivity index (χ3v) is 3.33. The maximum absolute atomic E-state index is 11.2. The number of aliphatic hydroxyl groups excluding tert-OH is 1. The first kappa shape index (κ1) is 15.2. The lowest BCUT2D eigenvalue weighted by molar-refractivity contribution is -0.383. The van der Waals surface area contributed by atoms with E-state index in [0.717, 1.165) is 29.7 Å². The molecule has 0 saturated carbocycles. The van der Waals surface area contributed by atoms with Crippen molar-refractivity contribution in [1.29, 1.82) is 0 Å². The Morgan fingerprint density at radius 3 is 2.76 bits per heavy atom. The zero-order valence-corrected chi connectivity index (χ0v) is 12.2. The maximum Gasteiger partial charge on any atom is 0.295 e. The highest BCUT2D eigenvalue weighted by molar-refractivity contribution is 5.97. The van der Waals surface area contributed by atoms with Crippen molar-refractivity contribution in [2.75, 3.05) is 24.6 Å². The number of pyridine rings is 1. The number of aliphatic hydroxyl groups is 1. The van der Waals surface area contributed by atoms with Gasteiger partial charge in [-0.25, -0.2) is 4.98 Å². The molecule has 0 aliphatic rings. The molecule has 0 atom stereocenters. The predicted octanol–water partition coefficient (Wildman–Crippen LogP) is 2.66. The van der Waals surface area contributed by atoms with Gasteiger partial charge in [0.1, 0.15) is 0 Å². The lowest BCUT2D eigenvalue weighted by Crippen LogP contribution is -2.27. The molecule has 0 radical (unpaired) electrons. The summed E-state index contributed by atoms with van der Waals surface area (Å²) in [7, 11) is 0. The van der Waals surface area contributed by atoms with Crippen molar-refractivity contribution in [2.24, 2.45) is 0 Å². The van der Waals surface area contributed by atoms with Gasteiger partial charge in [0.25, 0.3) is 5.69 Å². The van der Waals surface area contributed by atoms with E-state index >= 15 is 0 Å². The summed E-state index contributed by atoms with van der Waals surface area (Å²) < 4.78 is 0. The number of para-hydroxylation sites is 1. The number of fused-ring (bicyclic) bond motifs is 1. The highest BCUT2D eigenvalue weighted by Gasteiger charge is 2.18. The molecule has 6 heteroatoms. The van der Waals surface area contributed by atoms with E-state index in [0.29, 0.717) is 12.1 Å². The number of aromatic nitrogens is 1. The number of non-ortho nitro benzene ring substituents is 1. The van der Waals surface area contributed by atoms with Crippen LogP contribution in [0.4, 0.5) is 11.4 Å². The van der Waals surface area contributed by atoms with Gasteiger partial charge in [-0.05, 0) is 19.4 Å². The lowest BCUT2D eigenvalue weighted by Gasteiger charge is -2.25. The summed E-state index contributed by atoms with van der Waals surface area (Å²) in [6, 6.07) is 6.89. The molecular formula is C15H19N3O3. The highest BCUT2D eigenvalue weighted by atomic mass is 16.6. The zero-order valence-electron chi connectivity index (χ0n) is 12.2. The molecule has 0 amide bonds. The second-order valence-electron chi connectivity index (χ2n) is 4.92. The molecule has 0 aliphatic heterocycles. The molecule has 0 fully saturated rings. The fourth-order valence-electron chi connectivity index (χ4n) is 2.49. The van der Waals surface area contributed by atoms with Gasteiger partial charge in [-0.3, -0.25) is 10.1 Å².